The minimum Gasteiger partial charge on any atom is -0.440 e. The molecule has 84 valence electrons. The second kappa shape index (κ2) is 4.72. The summed E-state index contributed by atoms with van der Waals surface area (Å²) in [6.07, 6.45) is 0. The van der Waals surface area contributed by atoms with E-state index in [0.717, 1.165) is 4.88 Å². The van der Waals surface area contributed by atoms with Gasteiger partial charge in [0.25, 0.3) is 5.91 Å². The Labute approximate surface area is 102 Å². The van der Waals surface area contributed by atoms with Crippen LogP contribution in [0.2, 0.25) is 5.22 Å². The number of nitrogens with one attached hydrogen (secondary N) is 1. The van der Waals surface area contributed by atoms with Crippen LogP contribution in [0.5, 0.6) is 0 Å². The maximum Gasteiger partial charge on any atom is 0.287 e. The first-order chi connectivity index (χ1) is 7.66. The largest absolute Gasteiger partial charge is 0.440 e. The van der Waals surface area contributed by atoms with Crippen molar-refractivity contribution in [3.63, 3.8) is 0 Å². The van der Waals surface area contributed by atoms with E-state index in [1.807, 2.05) is 24.4 Å². The maximum absolute atomic E-state index is 11.7. The Kier molecular flexibility index (Phi) is 3.31. The Hall–Kier alpha value is -1.26. The van der Waals surface area contributed by atoms with E-state index in [9.17, 15) is 4.79 Å². The minimum atomic E-state index is -0.257. The van der Waals surface area contributed by atoms with Gasteiger partial charge >= 0.3 is 0 Å². The van der Waals surface area contributed by atoms with Crippen LogP contribution >= 0.6 is 22.9 Å². The average Bonchev–Trinajstić information content (AvgIpc) is 2.87. The highest BCUT2D eigenvalue weighted by Gasteiger charge is 2.14. The van der Waals surface area contributed by atoms with Crippen molar-refractivity contribution in [3.8, 4) is 0 Å². The van der Waals surface area contributed by atoms with Crippen molar-refractivity contribution in [1.82, 2.24) is 5.32 Å². The molecule has 16 heavy (non-hydrogen) atoms. The molecule has 0 aliphatic carbocycles. The van der Waals surface area contributed by atoms with E-state index in [1.165, 1.54) is 0 Å². The topological polar surface area (TPSA) is 42.2 Å². The van der Waals surface area contributed by atoms with Crippen molar-refractivity contribution in [1.29, 1.82) is 0 Å². The summed E-state index contributed by atoms with van der Waals surface area (Å²) in [5.41, 5.74) is 0. The van der Waals surface area contributed by atoms with Crippen molar-refractivity contribution in [2.24, 2.45) is 0 Å². The molecule has 2 heterocycles. The third kappa shape index (κ3) is 2.46. The Morgan fingerprint density at radius 1 is 1.50 bits per heavy atom. The Morgan fingerprint density at radius 3 is 2.88 bits per heavy atom. The van der Waals surface area contributed by atoms with Gasteiger partial charge in [-0.25, -0.2) is 0 Å². The predicted octanol–water partition coefficient (Wildman–Crippen LogP) is 3.49. The molecule has 0 fully saturated rings. The molecule has 0 saturated heterocycles. The molecule has 0 aliphatic rings. The fourth-order valence-corrected chi connectivity index (χ4v) is 2.19. The Balaban J connectivity index is 2.03. The lowest BCUT2D eigenvalue weighted by molar-refractivity contribution is 0.0912. The second-order valence-electron chi connectivity index (χ2n) is 3.31. The third-order valence-electron chi connectivity index (χ3n) is 2.11. The number of thiophene rings is 1. The number of rotatable bonds is 3. The summed E-state index contributed by atoms with van der Waals surface area (Å²) in [4.78, 5) is 12.8. The number of carbonyl (C=O) groups excluding carboxylic acids is 1. The SMILES string of the molecule is CC(NC(=O)c1ccc(Cl)o1)c1cccs1. The summed E-state index contributed by atoms with van der Waals surface area (Å²) < 4.78 is 5.02. The predicted molar refractivity (Wildman–Crippen MR) is 63.9 cm³/mol. The molecule has 0 spiro atoms. The molecule has 0 radical (unpaired) electrons. The molecule has 2 rings (SSSR count). The van der Waals surface area contributed by atoms with Gasteiger partial charge in [-0.3, -0.25) is 4.79 Å². The first-order valence-electron chi connectivity index (χ1n) is 4.76. The van der Waals surface area contributed by atoms with Crippen molar-refractivity contribution < 1.29 is 9.21 Å². The van der Waals surface area contributed by atoms with E-state index < -0.39 is 0 Å². The Morgan fingerprint density at radius 2 is 2.31 bits per heavy atom. The fourth-order valence-electron chi connectivity index (χ4n) is 1.31. The van der Waals surface area contributed by atoms with Crippen molar-refractivity contribution in [3.05, 3.63) is 45.5 Å². The van der Waals surface area contributed by atoms with Crippen LogP contribution in [-0.4, -0.2) is 5.91 Å². The van der Waals surface area contributed by atoms with Gasteiger partial charge in [0.05, 0.1) is 6.04 Å². The molecule has 0 aromatic carbocycles. The summed E-state index contributed by atoms with van der Waals surface area (Å²) in [7, 11) is 0. The third-order valence-corrected chi connectivity index (χ3v) is 3.37. The van der Waals surface area contributed by atoms with E-state index in [1.54, 1.807) is 23.5 Å². The molecule has 1 N–H and O–H groups in total. The van der Waals surface area contributed by atoms with Crippen LogP contribution in [-0.2, 0) is 0 Å². The zero-order valence-electron chi connectivity index (χ0n) is 8.57. The van der Waals surface area contributed by atoms with Crippen LogP contribution in [0.4, 0.5) is 0 Å². The van der Waals surface area contributed by atoms with Crippen molar-refractivity contribution in [2.45, 2.75) is 13.0 Å². The van der Waals surface area contributed by atoms with E-state index in [0.29, 0.717) is 0 Å². The molecular weight excluding hydrogens is 246 g/mol. The van der Waals surface area contributed by atoms with Gasteiger partial charge in [-0.15, -0.1) is 11.3 Å². The van der Waals surface area contributed by atoms with Gasteiger partial charge in [0, 0.05) is 4.88 Å². The Bertz CT molecular complexity index is 478. The summed E-state index contributed by atoms with van der Waals surface area (Å²) in [5, 5.41) is 5.02. The number of hydrogen-bond acceptors (Lipinski definition) is 3. The fraction of sp³-hybridized carbons (Fsp3) is 0.182. The molecule has 2 aromatic heterocycles. The van der Waals surface area contributed by atoms with Crippen LogP contribution in [0, 0.1) is 0 Å². The molecule has 0 aliphatic heterocycles. The molecule has 2 aromatic rings. The number of furan rings is 1. The molecule has 1 atom stereocenters. The van der Waals surface area contributed by atoms with E-state index >= 15 is 0 Å². The van der Waals surface area contributed by atoms with Gasteiger partial charge in [-0.1, -0.05) is 6.07 Å². The van der Waals surface area contributed by atoms with Gasteiger partial charge in [0.15, 0.2) is 11.0 Å². The van der Waals surface area contributed by atoms with E-state index in [4.69, 9.17) is 16.0 Å². The van der Waals surface area contributed by atoms with Gasteiger partial charge < -0.3 is 9.73 Å². The van der Waals surface area contributed by atoms with Crippen LogP contribution in [0.15, 0.2) is 34.1 Å². The second-order valence-corrected chi connectivity index (χ2v) is 4.67. The average molecular weight is 256 g/mol. The molecule has 0 bridgehead atoms. The lowest BCUT2D eigenvalue weighted by Crippen LogP contribution is -2.25. The van der Waals surface area contributed by atoms with E-state index in [-0.39, 0.29) is 22.9 Å². The number of carbonyl (C=O) groups is 1. The zero-order chi connectivity index (χ0) is 11.5. The molecular formula is C11H10ClNO2S. The van der Waals surface area contributed by atoms with Crippen molar-refractivity contribution in [2.75, 3.05) is 0 Å². The highest BCUT2D eigenvalue weighted by atomic mass is 35.5. The molecule has 1 unspecified atom stereocenters. The quantitative estimate of drug-likeness (QED) is 0.912. The highest BCUT2D eigenvalue weighted by molar-refractivity contribution is 7.10. The molecule has 0 saturated carbocycles. The number of hydrogen-bond donors (Lipinski definition) is 1. The first kappa shape index (κ1) is 11.2. The molecule has 1 amide bonds. The van der Waals surface area contributed by atoms with Crippen LogP contribution in [0.1, 0.15) is 28.4 Å². The van der Waals surface area contributed by atoms with Crippen LogP contribution in [0.3, 0.4) is 0 Å². The van der Waals surface area contributed by atoms with Gasteiger partial charge in [0.2, 0.25) is 0 Å². The molecule has 3 nitrogen and oxygen atoms in total. The summed E-state index contributed by atoms with van der Waals surface area (Å²) in [5.74, 6) is -0.0267. The number of halogens is 1. The summed E-state index contributed by atoms with van der Waals surface area (Å²) in [6, 6.07) is 7.00. The summed E-state index contributed by atoms with van der Waals surface area (Å²) >= 11 is 7.20. The normalized spacial score (nSPS) is 12.4. The standard InChI is InChI=1S/C11H10ClNO2S/c1-7(9-3-2-6-16-9)13-11(14)8-4-5-10(12)15-8/h2-7H,1H3,(H,13,14). The minimum absolute atomic E-state index is 0.0311. The van der Waals surface area contributed by atoms with Crippen molar-refractivity contribution >= 4 is 28.8 Å². The first-order valence-corrected chi connectivity index (χ1v) is 6.02. The van der Waals surface area contributed by atoms with Gasteiger partial charge in [0.1, 0.15) is 0 Å². The highest BCUT2D eigenvalue weighted by Crippen LogP contribution is 2.19. The maximum atomic E-state index is 11.7. The monoisotopic (exact) mass is 255 g/mol. The van der Waals surface area contributed by atoms with Gasteiger partial charge in [-0.2, -0.15) is 0 Å². The molecule has 5 heteroatoms. The smallest absolute Gasteiger partial charge is 0.287 e. The van der Waals surface area contributed by atoms with Gasteiger partial charge in [-0.05, 0) is 42.1 Å². The zero-order valence-corrected chi connectivity index (χ0v) is 10.1. The van der Waals surface area contributed by atoms with E-state index in [2.05, 4.69) is 5.32 Å². The lowest BCUT2D eigenvalue weighted by Gasteiger charge is -2.10. The summed E-state index contributed by atoms with van der Waals surface area (Å²) in [6.45, 7) is 1.92. The lowest BCUT2D eigenvalue weighted by atomic mass is 10.2. The number of amides is 1. The van der Waals surface area contributed by atoms with Crippen LogP contribution < -0.4 is 5.32 Å². The van der Waals surface area contributed by atoms with Crippen LogP contribution in [0.25, 0.3) is 0 Å².